The Kier molecular flexibility index (Phi) is 2.31. The van der Waals surface area contributed by atoms with Gasteiger partial charge < -0.3 is 5.11 Å². The van der Waals surface area contributed by atoms with Gasteiger partial charge in [0.1, 0.15) is 5.82 Å². The van der Waals surface area contributed by atoms with Crippen LogP contribution in [0.4, 0.5) is 4.39 Å². The quantitative estimate of drug-likeness (QED) is 0.772. The number of carbonyl (C=O) groups excluding carboxylic acids is 1. The van der Waals surface area contributed by atoms with Gasteiger partial charge in [0.2, 0.25) is 0 Å². The minimum atomic E-state index is -0.378. The molecule has 1 aromatic heterocycles. The van der Waals surface area contributed by atoms with Crippen LogP contribution in [-0.4, -0.2) is 11.4 Å². The highest BCUT2D eigenvalue weighted by molar-refractivity contribution is 7.17. The van der Waals surface area contributed by atoms with Crippen molar-refractivity contribution in [2.24, 2.45) is 0 Å². The molecule has 0 atom stereocenters. The Morgan fingerprint density at radius 2 is 2.29 bits per heavy atom. The molecule has 0 saturated carbocycles. The van der Waals surface area contributed by atoms with Gasteiger partial charge in [-0.25, -0.2) is 4.39 Å². The Morgan fingerprint density at radius 3 is 2.93 bits per heavy atom. The van der Waals surface area contributed by atoms with Gasteiger partial charge in [-0.1, -0.05) is 0 Å². The number of aliphatic hydroxyl groups excluding tert-OH is 1. The molecule has 1 aromatic carbocycles. The zero-order valence-corrected chi connectivity index (χ0v) is 7.97. The van der Waals surface area contributed by atoms with Crippen molar-refractivity contribution in [3.05, 3.63) is 34.5 Å². The molecule has 0 aliphatic rings. The van der Waals surface area contributed by atoms with Gasteiger partial charge in [-0.15, -0.1) is 11.3 Å². The van der Waals surface area contributed by atoms with Crippen molar-refractivity contribution in [3.8, 4) is 0 Å². The van der Waals surface area contributed by atoms with E-state index in [0.29, 0.717) is 27.5 Å². The smallest absolute Gasteiger partial charge is 0.150 e. The Labute approximate surface area is 83.6 Å². The van der Waals surface area contributed by atoms with Gasteiger partial charge in [-0.05, 0) is 17.7 Å². The number of hydrogen-bond donors (Lipinski definition) is 1. The van der Waals surface area contributed by atoms with Crippen LogP contribution in [0.2, 0.25) is 0 Å². The third-order valence-corrected chi connectivity index (χ3v) is 2.93. The summed E-state index contributed by atoms with van der Waals surface area (Å²) in [6.07, 6.45) is 0.608. The summed E-state index contributed by atoms with van der Waals surface area (Å²) in [5, 5.41) is 10.6. The van der Waals surface area contributed by atoms with Crippen molar-refractivity contribution < 1.29 is 14.3 Å². The first kappa shape index (κ1) is 9.30. The fourth-order valence-electron chi connectivity index (χ4n) is 1.40. The fourth-order valence-corrected chi connectivity index (χ4v) is 2.30. The number of hydrogen-bond acceptors (Lipinski definition) is 3. The zero-order valence-electron chi connectivity index (χ0n) is 7.16. The summed E-state index contributed by atoms with van der Waals surface area (Å²) < 4.78 is 13.9. The number of aliphatic hydroxyl groups is 1. The maximum atomic E-state index is 13.2. The third kappa shape index (κ3) is 1.32. The second-order valence-corrected chi connectivity index (χ2v) is 3.83. The molecule has 0 amide bonds. The SMILES string of the molecule is O=Cc1cc(CO)cc2scc(F)c12. The minimum Gasteiger partial charge on any atom is -0.392 e. The summed E-state index contributed by atoms with van der Waals surface area (Å²) in [5.74, 6) is -0.378. The molecule has 0 spiro atoms. The number of rotatable bonds is 2. The maximum Gasteiger partial charge on any atom is 0.150 e. The van der Waals surface area contributed by atoms with Crippen LogP contribution in [0.15, 0.2) is 17.5 Å². The average molecular weight is 210 g/mol. The molecule has 0 aliphatic carbocycles. The van der Waals surface area contributed by atoms with E-state index in [-0.39, 0.29) is 12.4 Å². The standard InChI is InChI=1S/C10H7FO2S/c11-8-5-14-9-2-6(3-12)1-7(4-13)10(8)9/h1-2,4-5,12H,3H2. The predicted octanol–water partition coefficient (Wildman–Crippen LogP) is 2.35. The lowest BCUT2D eigenvalue weighted by Gasteiger charge is -1.99. The maximum absolute atomic E-state index is 13.2. The molecular weight excluding hydrogens is 203 g/mol. The molecule has 1 N–H and O–H groups in total. The van der Waals surface area contributed by atoms with E-state index in [4.69, 9.17) is 5.11 Å². The molecule has 72 valence electrons. The second-order valence-electron chi connectivity index (χ2n) is 2.92. The summed E-state index contributed by atoms with van der Waals surface area (Å²) in [4.78, 5) is 10.7. The molecule has 0 bridgehead atoms. The van der Waals surface area contributed by atoms with Crippen molar-refractivity contribution in [1.29, 1.82) is 0 Å². The van der Waals surface area contributed by atoms with Crippen LogP contribution >= 0.6 is 11.3 Å². The lowest BCUT2D eigenvalue weighted by molar-refractivity contribution is 0.112. The Hall–Kier alpha value is -1.26. The highest BCUT2D eigenvalue weighted by Crippen LogP contribution is 2.28. The van der Waals surface area contributed by atoms with E-state index >= 15 is 0 Å². The van der Waals surface area contributed by atoms with E-state index in [2.05, 4.69) is 0 Å². The highest BCUT2D eigenvalue weighted by Gasteiger charge is 2.09. The molecule has 2 rings (SSSR count). The number of fused-ring (bicyclic) bond motifs is 1. The predicted molar refractivity (Wildman–Crippen MR) is 53.1 cm³/mol. The number of benzene rings is 1. The Bertz CT molecular complexity index is 490. The van der Waals surface area contributed by atoms with Crippen LogP contribution in [0.1, 0.15) is 15.9 Å². The second kappa shape index (κ2) is 3.48. The van der Waals surface area contributed by atoms with Crippen LogP contribution < -0.4 is 0 Å². The van der Waals surface area contributed by atoms with Crippen molar-refractivity contribution in [3.63, 3.8) is 0 Å². The highest BCUT2D eigenvalue weighted by atomic mass is 32.1. The van der Waals surface area contributed by atoms with Crippen LogP contribution in [0.5, 0.6) is 0 Å². The monoisotopic (exact) mass is 210 g/mol. The van der Waals surface area contributed by atoms with Crippen LogP contribution in [-0.2, 0) is 6.61 Å². The minimum absolute atomic E-state index is 0.143. The zero-order chi connectivity index (χ0) is 10.1. The van der Waals surface area contributed by atoms with E-state index in [1.54, 1.807) is 6.07 Å². The summed E-state index contributed by atoms with van der Waals surface area (Å²) in [7, 11) is 0. The summed E-state index contributed by atoms with van der Waals surface area (Å²) in [6.45, 7) is -0.143. The van der Waals surface area contributed by atoms with Crippen molar-refractivity contribution >= 4 is 27.7 Å². The third-order valence-electron chi connectivity index (χ3n) is 2.03. The van der Waals surface area contributed by atoms with Gasteiger partial charge >= 0.3 is 0 Å². The van der Waals surface area contributed by atoms with E-state index in [1.165, 1.54) is 22.8 Å². The molecule has 0 fully saturated rings. The van der Waals surface area contributed by atoms with Gasteiger partial charge in [-0.3, -0.25) is 4.79 Å². The van der Waals surface area contributed by atoms with Gasteiger partial charge in [0.15, 0.2) is 6.29 Å². The Morgan fingerprint density at radius 1 is 1.50 bits per heavy atom. The largest absolute Gasteiger partial charge is 0.392 e. The Balaban J connectivity index is 2.82. The molecule has 1 heterocycles. The van der Waals surface area contributed by atoms with Crippen molar-refractivity contribution in [2.45, 2.75) is 6.61 Å². The molecule has 0 unspecified atom stereocenters. The molecule has 2 nitrogen and oxygen atoms in total. The topological polar surface area (TPSA) is 37.3 Å². The van der Waals surface area contributed by atoms with Crippen molar-refractivity contribution in [2.75, 3.05) is 0 Å². The van der Waals surface area contributed by atoms with E-state index in [9.17, 15) is 9.18 Å². The lowest BCUT2D eigenvalue weighted by Crippen LogP contribution is -1.88. The summed E-state index contributed by atoms with van der Waals surface area (Å²) in [5.41, 5.74) is 0.923. The lowest BCUT2D eigenvalue weighted by atomic mass is 10.1. The first-order valence-corrected chi connectivity index (χ1v) is 4.90. The van der Waals surface area contributed by atoms with Gasteiger partial charge in [0.25, 0.3) is 0 Å². The van der Waals surface area contributed by atoms with E-state index in [0.717, 1.165) is 0 Å². The molecular formula is C10H7FO2S. The average Bonchev–Trinajstić information content (AvgIpc) is 2.59. The summed E-state index contributed by atoms with van der Waals surface area (Å²) >= 11 is 1.23. The molecule has 4 heteroatoms. The molecule has 0 saturated heterocycles. The fraction of sp³-hybridized carbons (Fsp3) is 0.100. The van der Waals surface area contributed by atoms with Gasteiger partial charge in [0, 0.05) is 21.0 Å². The van der Waals surface area contributed by atoms with Crippen molar-refractivity contribution in [1.82, 2.24) is 0 Å². The number of thiophene rings is 1. The first-order chi connectivity index (χ1) is 6.76. The molecule has 14 heavy (non-hydrogen) atoms. The first-order valence-electron chi connectivity index (χ1n) is 4.02. The molecule has 2 aromatic rings. The normalized spacial score (nSPS) is 10.7. The van der Waals surface area contributed by atoms with Crippen LogP contribution in [0, 0.1) is 5.82 Å². The van der Waals surface area contributed by atoms with E-state index < -0.39 is 0 Å². The molecule has 0 radical (unpaired) electrons. The summed E-state index contributed by atoms with van der Waals surface area (Å²) in [6, 6.07) is 3.20. The van der Waals surface area contributed by atoms with Crippen LogP contribution in [0.3, 0.4) is 0 Å². The number of aldehydes is 1. The van der Waals surface area contributed by atoms with Gasteiger partial charge in [-0.2, -0.15) is 0 Å². The number of carbonyl (C=O) groups is 1. The number of halogens is 1. The van der Waals surface area contributed by atoms with Crippen LogP contribution in [0.25, 0.3) is 10.1 Å². The van der Waals surface area contributed by atoms with E-state index in [1.807, 2.05) is 0 Å². The van der Waals surface area contributed by atoms with Gasteiger partial charge in [0.05, 0.1) is 6.61 Å². The molecule has 0 aliphatic heterocycles.